The van der Waals surface area contributed by atoms with Gasteiger partial charge in [0, 0.05) is 25.9 Å². The Kier molecular flexibility index (Phi) is 3.09. The van der Waals surface area contributed by atoms with E-state index in [2.05, 4.69) is 41.9 Å². The monoisotopic (exact) mass is 280 g/mol. The van der Waals surface area contributed by atoms with Crippen molar-refractivity contribution < 1.29 is 0 Å². The summed E-state index contributed by atoms with van der Waals surface area (Å²) in [5.74, 6) is 0.678. The molecule has 3 aromatic rings. The fourth-order valence-corrected chi connectivity index (χ4v) is 2.42. The molecular formula is C17H20N4. The number of imidazole rings is 1. The van der Waals surface area contributed by atoms with Crippen molar-refractivity contribution in [3.05, 3.63) is 47.7 Å². The zero-order valence-electron chi connectivity index (χ0n) is 12.9. The number of hydrogen-bond donors (Lipinski definition) is 1. The molecule has 0 spiro atoms. The molecule has 3 rings (SSSR count). The SMILES string of the molecule is Cc1ccc(-c2nc3ccc(N(C)C)cn3c2N)cc1C. The topological polar surface area (TPSA) is 46.6 Å². The molecule has 108 valence electrons. The van der Waals surface area contributed by atoms with Gasteiger partial charge in [-0.2, -0.15) is 0 Å². The predicted octanol–water partition coefficient (Wildman–Crippen LogP) is 3.27. The van der Waals surface area contributed by atoms with Crippen LogP contribution in [0, 0.1) is 13.8 Å². The Morgan fingerprint density at radius 1 is 1.05 bits per heavy atom. The van der Waals surface area contributed by atoms with E-state index in [9.17, 15) is 0 Å². The van der Waals surface area contributed by atoms with Crippen molar-refractivity contribution in [2.24, 2.45) is 0 Å². The number of fused-ring (bicyclic) bond motifs is 1. The van der Waals surface area contributed by atoms with Crippen LogP contribution in [0.15, 0.2) is 36.5 Å². The van der Waals surface area contributed by atoms with E-state index in [-0.39, 0.29) is 0 Å². The minimum atomic E-state index is 0.678. The van der Waals surface area contributed by atoms with Crippen molar-refractivity contribution in [2.75, 3.05) is 24.7 Å². The standard InChI is InChI=1S/C17H20N4/c1-11-5-6-13(9-12(11)2)16-17(18)21-10-14(20(3)4)7-8-15(21)19-16/h5-10H,18H2,1-4H3. The van der Waals surface area contributed by atoms with Gasteiger partial charge in [-0.15, -0.1) is 0 Å². The number of nitrogen functional groups attached to an aromatic ring is 1. The van der Waals surface area contributed by atoms with Crippen molar-refractivity contribution in [1.82, 2.24) is 9.38 Å². The van der Waals surface area contributed by atoms with Crippen LogP contribution in [-0.4, -0.2) is 23.5 Å². The summed E-state index contributed by atoms with van der Waals surface area (Å²) in [5.41, 5.74) is 12.7. The highest BCUT2D eigenvalue weighted by Crippen LogP contribution is 2.29. The van der Waals surface area contributed by atoms with Crippen molar-refractivity contribution in [3.8, 4) is 11.3 Å². The largest absolute Gasteiger partial charge is 0.383 e. The van der Waals surface area contributed by atoms with Crippen LogP contribution in [0.3, 0.4) is 0 Å². The Labute approximate surface area is 124 Å². The molecule has 0 fully saturated rings. The minimum absolute atomic E-state index is 0.678. The van der Waals surface area contributed by atoms with Gasteiger partial charge in [0.1, 0.15) is 17.2 Å². The number of pyridine rings is 1. The number of nitrogens with zero attached hydrogens (tertiary/aromatic N) is 3. The molecular weight excluding hydrogens is 260 g/mol. The van der Waals surface area contributed by atoms with E-state index in [1.54, 1.807) is 0 Å². The molecule has 4 heteroatoms. The summed E-state index contributed by atoms with van der Waals surface area (Å²) in [4.78, 5) is 6.72. The van der Waals surface area contributed by atoms with Crippen molar-refractivity contribution in [3.63, 3.8) is 0 Å². The molecule has 1 aromatic carbocycles. The van der Waals surface area contributed by atoms with Gasteiger partial charge in [0.25, 0.3) is 0 Å². The molecule has 0 amide bonds. The van der Waals surface area contributed by atoms with Crippen LogP contribution in [0.5, 0.6) is 0 Å². The zero-order chi connectivity index (χ0) is 15.1. The first kappa shape index (κ1) is 13.5. The minimum Gasteiger partial charge on any atom is -0.383 e. The van der Waals surface area contributed by atoms with Crippen LogP contribution in [0.4, 0.5) is 11.5 Å². The zero-order valence-corrected chi connectivity index (χ0v) is 12.9. The van der Waals surface area contributed by atoms with Gasteiger partial charge in [0.15, 0.2) is 0 Å². The molecule has 0 aliphatic heterocycles. The highest BCUT2D eigenvalue weighted by Gasteiger charge is 2.12. The van der Waals surface area contributed by atoms with Gasteiger partial charge in [-0.3, -0.25) is 4.40 Å². The van der Waals surface area contributed by atoms with E-state index in [1.807, 2.05) is 36.8 Å². The molecule has 21 heavy (non-hydrogen) atoms. The third-order valence-electron chi connectivity index (χ3n) is 3.94. The maximum absolute atomic E-state index is 6.31. The van der Waals surface area contributed by atoms with Crippen LogP contribution in [0.1, 0.15) is 11.1 Å². The quantitative estimate of drug-likeness (QED) is 0.783. The van der Waals surface area contributed by atoms with E-state index in [0.717, 1.165) is 22.6 Å². The third-order valence-corrected chi connectivity index (χ3v) is 3.94. The van der Waals surface area contributed by atoms with Gasteiger partial charge < -0.3 is 10.6 Å². The third kappa shape index (κ3) is 2.23. The molecule has 4 nitrogen and oxygen atoms in total. The summed E-state index contributed by atoms with van der Waals surface area (Å²) >= 11 is 0. The van der Waals surface area contributed by atoms with E-state index in [0.29, 0.717) is 5.82 Å². The molecule has 0 atom stereocenters. The fraction of sp³-hybridized carbons (Fsp3) is 0.235. The molecule has 0 saturated carbocycles. The Balaban J connectivity index is 2.19. The second-order valence-electron chi connectivity index (χ2n) is 5.65. The molecule has 0 bridgehead atoms. The van der Waals surface area contributed by atoms with E-state index in [4.69, 9.17) is 5.73 Å². The first-order valence-electron chi connectivity index (χ1n) is 7.00. The second kappa shape index (κ2) is 4.81. The summed E-state index contributed by atoms with van der Waals surface area (Å²) in [5, 5.41) is 0. The number of nitrogens with two attached hydrogens (primary N) is 1. The van der Waals surface area contributed by atoms with Crippen molar-refractivity contribution >= 4 is 17.2 Å². The summed E-state index contributed by atoms with van der Waals surface area (Å²) < 4.78 is 1.94. The highest BCUT2D eigenvalue weighted by molar-refractivity contribution is 5.76. The van der Waals surface area contributed by atoms with Crippen molar-refractivity contribution in [1.29, 1.82) is 0 Å². The van der Waals surface area contributed by atoms with Gasteiger partial charge in [-0.05, 0) is 43.2 Å². The van der Waals surface area contributed by atoms with Gasteiger partial charge in [0.2, 0.25) is 0 Å². The Morgan fingerprint density at radius 3 is 2.48 bits per heavy atom. The fourth-order valence-electron chi connectivity index (χ4n) is 2.42. The Bertz CT molecular complexity index is 815. The lowest BCUT2D eigenvalue weighted by molar-refractivity contribution is 1.09. The van der Waals surface area contributed by atoms with E-state index in [1.165, 1.54) is 11.1 Å². The Morgan fingerprint density at radius 2 is 1.81 bits per heavy atom. The molecule has 0 aliphatic rings. The molecule has 2 heterocycles. The lowest BCUT2D eigenvalue weighted by Crippen LogP contribution is -2.09. The normalized spacial score (nSPS) is 11.0. The van der Waals surface area contributed by atoms with Crippen molar-refractivity contribution in [2.45, 2.75) is 13.8 Å². The maximum Gasteiger partial charge on any atom is 0.139 e. The first-order valence-corrected chi connectivity index (χ1v) is 7.00. The number of anilines is 2. The summed E-state index contributed by atoms with van der Waals surface area (Å²) in [6, 6.07) is 10.4. The average Bonchev–Trinajstić information content (AvgIpc) is 2.79. The van der Waals surface area contributed by atoms with Crippen LogP contribution in [0.2, 0.25) is 0 Å². The molecule has 0 aliphatic carbocycles. The number of hydrogen-bond acceptors (Lipinski definition) is 3. The summed E-state index contributed by atoms with van der Waals surface area (Å²) in [6.07, 6.45) is 2.02. The number of benzene rings is 1. The Hall–Kier alpha value is -2.49. The van der Waals surface area contributed by atoms with E-state index < -0.39 is 0 Å². The van der Waals surface area contributed by atoms with Crippen LogP contribution >= 0.6 is 0 Å². The first-order chi connectivity index (χ1) is 9.97. The highest BCUT2D eigenvalue weighted by atomic mass is 15.1. The second-order valence-corrected chi connectivity index (χ2v) is 5.65. The van der Waals surface area contributed by atoms with Crippen LogP contribution in [-0.2, 0) is 0 Å². The smallest absolute Gasteiger partial charge is 0.139 e. The van der Waals surface area contributed by atoms with Crippen LogP contribution < -0.4 is 10.6 Å². The van der Waals surface area contributed by atoms with Gasteiger partial charge >= 0.3 is 0 Å². The van der Waals surface area contributed by atoms with Gasteiger partial charge in [0.05, 0.1) is 5.69 Å². The molecule has 0 unspecified atom stereocenters. The lowest BCUT2D eigenvalue weighted by Gasteiger charge is -2.12. The van der Waals surface area contributed by atoms with Crippen LogP contribution in [0.25, 0.3) is 16.9 Å². The summed E-state index contributed by atoms with van der Waals surface area (Å²) in [6.45, 7) is 4.21. The molecule has 2 aromatic heterocycles. The number of aromatic nitrogens is 2. The number of rotatable bonds is 2. The van der Waals surface area contributed by atoms with Gasteiger partial charge in [-0.25, -0.2) is 4.98 Å². The molecule has 0 saturated heterocycles. The van der Waals surface area contributed by atoms with Gasteiger partial charge in [-0.1, -0.05) is 12.1 Å². The lowest BCUT2D eigenvalue weighted by atomic mass is 10.0. The maximum atomic E-state index is 6.31. The molecule has 0 radical (unpaired) electrons. The van der Waals surface area contributed by atoms with E-state index >= 15 is 0 Å². The molecule has 2 N–H and O–H groups in total. The number of aryl methyl sites for hydroxylation is 2. The summed E-state index contributed by atoms with van der Waals surface area (Å²) in [7, 11) is 4.02. The average molecular weight is 280 g/mol. The predicted molar refractivity (Wildman–Crippen MR) is 88.8 cm³/mol.